The summed E-state index contributed by atoms with van der Waals surface area (Å²) >= 11 is 1.70. The topological polar surface area (TPSA) is 54.3 Å². The van der Waals surface area contributed by atoms with Crippen LogP contribution in [-0.2, 0) is 19.6 Å². The van der Waals surface area contributed by atoms with Crippen molar-refractivity contribution >= 4 is 17.3 Å². The molecule has 4 nitrogen and oxygen atoms in total. The molecule has 5 heteroatoms. The number of rotatable bonds is 7. The van der Waals surface area contributed by atoms with Gasteiger partial charge in [-0.25, -0.2) is 4.79 Å². The first-order chi connectivity index (χ1) is 12.9. The van der Waals surface area contributed by atoms with Crippen molar-refractivity contribution in [1.29, 1.82) is 0 Å². The molecular weight excluding hydrogens is 356 g/mol. The molecule has 0 radical (unpaired) electrons. The molecule has 0 unspecified atom stereocenters. The van der Waals surface area contributed by atoms with Crippen LogP contribution in [0.5, 0.6) is 0 Å². The summed E-state index contributed by atoms with van der Waals surface area (Å²) in [6.07, 6.45) is 0. The average molecular weight is 383 g/mol. The minimum Gasteiger partial charge on any atom is -0.478 e. The van der Waals surface area contributed by atoms with E-state index in [0.717, 1.165) is 23.5 Å². The molecule has 1 aromatic carbocycles. The number of thiophene rings is 1. The van der Waals surface area contributed by atoms with E-state index in [-0.39, 0.29) is 0 Å². The van der Waals surface area contributed by atoms with Crippen molar-refractivity contribution in [2.24, 2.45) is 0 Å². The van der Waals surface area contributed by atoms with Gasteiger partial charge in [0.2, 0.25) is 0 Å². The van der Waals surface area contributed by atoms with E-state index in [9.17, 15) is 9.90 Å². The normalized spacial score (nSPS) is 11.1. The zero-order valence-electron chi connectivity index (χ0n) is 16.3. The van der Waals surface area contributed by atoms with Gasteiger partial charge in [-0.3, -0.25) is 0 Å². The number of hydrogen-bond donors (Lipinski definition) is 2. The van der Waals surface area contributed by atoms with Gasteiger partial charge >= 0.3 is 5.97 Å². The molecule has 2 heterocycles. The lowest BCUT2D eigenvalue weighted by atomic mass is 10.1. The van der Waals surface area contributed by atoms with Crippen LogP contribution >= 0.6 is 11.3 Å². The second-order valence-electron chi connectivity index (χ2n) is 7.03. The van der Waals surface area contributed by atoms with Crippen molar-refractivity contribution in [2.75, 3.05) is 0 Å². The highest BCUT2D eigenvalue weighted by atomic mass is 32.1. The fourth-order valence-electron chi connectivity index (χ4n) is 3.55. The van der Waals surface area contributed by atoms with Gasteiger partial charge in [0.05, 0.1) is 5.56 Å². The Labute approximate surface area is 164 Å². The van der Waals surface area contributed by atoms with Gasteiger partial charge in [0.1, 0.15) is 0 Å². The summed E-state index contributed by atoms with van der Waals surface area (Å²) in [5.41, 5.74) is 6.81. The van der Waals surface area contributed by atoms with Gasteiger partial charge < -0.3 is 15.0 Å². The highest BCUT2D eigenvalue weighted by molar-refractivity contribution is 7.09. The van der Waals surface area contributed by atoms with E-state index in [1.54, 1.807) is 11.3 Å². The lowest BCUT2D eigenvalue weighted by Gasteiger charge is -2.13. The van der Waals surface area contributed by atoms with Crippen LogP contribution in [0, 0.1) is 27.7 Å². The summed E-state index contributed by atoms with van der Waals surface area (Å²) in [5, 5.41) is 15.2. The van der Waals surface area contributed by atoms with E-state index in [1.807, 2.05) is 19.9 Å². The first kappa shape index (κ1) is 19.4. The van der Waals surface area contributed by atoms with E-state index >= 15 is 0 Å². The minimum atomic E-state index is -0.858. The van der Waals surface area contributed by atoms with Crippen LogP contribution in [0.1, 0.15) is 48.9 Å². The number of nitrogens with zero attached hydrogens (tertiary/aromatic N) is 1. The smallest absolute Gasteiger partial charge is 0.337 e. The van der Waals surface area contributed by atoms with Crippen molar-refractivity contribution in [3.8, 4) is 0 Å². The first-order valence-electron chi connectivity index (χ1n) is 9.09. The van der Waals surface area contributed by atoms with Crippen LogP contribution in [0.15, 0.2) is 35.7 Å². The Kier molecular flexibility index (Phi) is 5.82. The number of carboxylic acids is 1. The number of aromatic nitrogens is 1. The second-order valence-corrected chi connectivity index (χ2v) is 8.06. The molecule has 0 spiro atoms. The molecule has 2 aromatic heterocycles. The van der Waals surface area contributed by atoms with Crippen LogP contribution < -0.4 is 5.32 Å². The monoisotopic (exact) mass is 382 g/mol. The molecule has 0 saturated carbocycles. The molecule has 142 valence electrons. The largest absolute Gasteiger partial charge is 0.478 e. The third-order valence-electron chi connectivity index (χ3n) is 5.14. The molecule has 3 rings (SSSR count). The Hall–Kier alpha value is -2.37. The maximum absolute atomic E-state index is 11.9. The highest BCUT2D eigenvalue weighted by Crippen LogP contribution is 2.25. The molecule has 0 bridgehead atoms. The third kappa shape index (κ3) is 4.15. The van der Waals surface area contributed by atoms with Crippen molar-refractivity contribution in [2.45, 2.75) is 47.3 Å². The predicted octanol–water partition coefficient (Wildman–Crippen LogP) is 4.82. The number of carbonyl (C=O) groups is 1. The zero-order chi connectivity index (χ0) is 19.6. The fourth-order valence-corrected chi connectivity index (χ4v) is 4.23. The van der Waals surface area contributed by atoms with Crippen molar-refractivity contribution < 1.29 is 9.90 Å². The van der Waals surface area contributed by atoms with Crippen LogP contribution in [0.3, 0.4) is 0 Å². The molecule has 0 aliphatic carbocycles. The average Bonchev–Trinajstić information content (AvgIpc) is 3.20. The predicted molar refractivity (Wildman–Crippen MR) is 111 cm³/mol. The lowest BCUT2D eigenvalue weighted by Crippen LogP contribution is -2.15. The Balaban J connectivity index is 1.90. The maximum atomic E-state index is 11.9. The number of aryl methyl sites for hydroxylation is 2. The van der Waals surface area contributed by atoms with Crippen molar-refractivity contribution in [3.63, 3.8) is 0 Å². The van der Waals surface area contributed by atoms with Gasteiger partial charge in [0.25, 0.3) is 0 Å². The van der Waals surface area contributed by atoms with Gasteiger partial charge in [0.15, 0.2) is 0 Å². The molecule has 0 atom stereocenters. The van der Waals surface area contributed by atoms with Crippen LogP contribution in [-0.4, -0.2) is 15.6 Å². The summed E-state index contributed by atoms with van der Waals surface area (Å²) in [4.78, 5) is 13.2. The van der Waals surface area contributed by atoms with E-state index in [0.29, 0.717) is 18.7 Å². The zero-order valence-corrected chi connectivity index (χ0v) is 17.1. The second kappa shape index (κ2) is 8.11. The fraction of sp³-hybridized carbons (Fsp3) is 0.318. The Morgan fingerprint density at radius 3 is 2.56 bits per heavy atom. The van der Waals surface area contributed by atoms with E-state index in [2.05, 4.69) is 53.4 Å². The minimum absolute atomic E-state index is 0.427. The molecule has 0 fully saturated rings. The van der Waals surface area contributed by atoms with Gasteiger partial charge in [-0.1, -0.05) is 29.8 Å². The molecular formula is C22H26N2O2S. The van der Waals surface area contributed by atoms with Crippen LogP contribution in [0.25, 0.3) is 0 Å². The number of benzene rings is 1. The molecule has 0 saturated heterocycles. The standard InChI is InChI=1S/C22H26N2O2S/c1-14-7-8-15(2)18(10-14)13-24-16(3)20(21(17(24)4)22(25)26)12-23-11-19-6-5-9-27-19/h5-10,23H,11-13H2,1-4H3,(H,25,26). The first-order valence-corrected chi connectivity index (χ1v) is 9.97. The summed E-state index contributed by atoms with van der Waals surface area (Å²) in [5.74, 6) is -0.858. The molecule has 3 aromatic rings. The maximum Gasteiger partial charge on any atom is 0.337 e. The summed E-state index contributed by atoms with van der Waals surface area (Å²) in [7, 11) is 0. The Bertz CT molecular complexity index is 955. The van der Waals surface area contributed by atoms with Gasteiger partial charge in [-0.15, -0.1) is 11.3 Å². The molecule has 0 aliphatic rings. The SMILES string of the molecule is Cc1ccc(C)c(Cn2c(C)c(CNCc3cccs3)c(C(=O)O)c2C)c1. The third-order valence-corrected chi connectivity index (χ3v) is 6.01. The lowest BCUT2D eigenvalue weighted by molar-refractivity contribution is 0.0694. The van der Waals surface area contributed by atoms with Crippen molar-refractivity contribution in [1.82, 2.24) is 9.88 Å². The highest BCUT2D eigenvalue weighted by Gasteiger charge is 2.22. The molecule has 0 aliphatic heterocycles. The molecule has 2 N–H and O–H groups in total. The van der Waals surface area contributed by atoms with E-state index < -0.39 is 5.97 Å². The van der Waals surface area contributed by atoms with Crippen molar-refractivity contribution in [3.05, 3.63) is 79.8 Å². The number of carboxylic acid groups (broad SMARTS) is 1. The Morgan fingerprint density at radius 1 is 1.11 bits per heavy atom. The quantitative estimate of drug-likeness (QED) is 0.616. The number of aromatic carboxylic acids is 1. The molecule has 27 heavy (non-hydrogen) atoms. The summed E-state index contributed by atoms with van der Waals surface area (Å²) < 4.78 is 2.13. The Morgan fingerprint density at radius 2 is 1.89 bits per heavy atom. The summed E-state index contributed by atoms with van der Waals surface area (Å²) in [6.45, 7) is 10.1. The summed E-state index contributed by atoms with van der Waals surface area (Å²) in [6, 6.07) is 10.5. The number of nitrogens with one attached hydrogen (secondary N) is 1. The van der Waals surface area contributed by atoms with Crippen LogP contribution in [0.4, 0.5) is 0 Å². The van der Waals surface area contributed by atoms with Crippen LogP contribution in [0.2, 0.25) is 0 Å². The van der Waals surface area contributed by atoms with E-state index in [4.69, 9.17) is 0 Å². The van der Waals surface area contributed by atoms with E-state index in [1.165, 1.54) is 21.6 Å². The number of hydrogen-bond acceptors (Lipinski definition) is 3. The van der Waals surface area contributed by atoms with Gasteiger partial charge in [-0.05, 0) is 50.3 Å². The molecule has 0 amide bonds. The van der Waals surface area contributed by atoms with Gasteiger partial charge in [0, 0.05) is 41.5 Å². The van der Waals surface area contributed by atoms with Gasteiger partial charge in [-0.2, -0.15) is 0 Å².